The number of aromatic carboxylic acids is 1. The Labute approximate surface area is 117 Å². The van der Waals surface area contributed by atoms with E-state index in [-0.39, 0.29) is 16.1 Å². The van der Waals surface area contributed by atoms with Crippen molar-refractivity contribution in [2.75, 3.05) is 0 Å². The lowest BCUT2D eigenvalue weighted by atomic mass is 10.2. The van der Waals surface area contributed by atoms with Crippen LogP contribution in [-0.4, -0.2) is 26.0 Å². The topological polar surface area (TPSA) is 106 Å². The van der Waals surface area contributed by atoms with Crippen LogP contribution in [0.25, 0.3) is 0 Å². The summed E-state index contributed by atoms with van der Waals surface area (Å²) >= 11 is 0.975. The van der Waals surface area contributed by atoms with Gasteiger partial charge < -0.3 is 5.11 Å². The monoisotopic (exact) mass is 291 g/mol. The van der Waals surface area contributed by atoms with E-state index in [0.717, 1.165) is 23.4 Å². The molecule has 0 aliphatic heterocycles. The van der Waals surface area contributed by atoms with Crippen molar-refractivity contribution in [1.82, 2.24) is 9.97 Å². The molecule has 1 aromatic carbocycles. The van der Waals surface area contributed by atoms with Crippen LogP contribution in [0.5, 0.6) is 0 Å². The van der Waals surface area contributed by atoms with Gasteiger partial charge in [0, 0.05) is 29.4 Å². The Morgan fingerprint density at radius 1 is 1.35 bits per heavy atom. The highest BCUT2D eigenvalue weighted by Gasteiger charge is 2.17. The van der Waals surface area contributed by atoms with Gasteiger partial charge in [-0.25, -0.2) is 14.8 Å². The van der Waals surface area contributed by atoms with Gasteiger partial charge in [0.05, 0.1) is 10.5 Å². The zero-order valence-electron chi connectivity index (χ0n) is 10.3. The molecule has 0 fully saturated rings. The first-order chi connectivity index (χ1) is 9.47. The minimum absolute atomic E-state index is 0.0234. The molecule has 0 bridgehead atoms. The number of aryl methyl sites for hydroxylation is 1. The third kappa shape index (κ3) is 3.09. The molecule has 2 rings (SSSR count). The Hall–Kier alpha value is -2.48. The van der Waals surface area contributed by atoms with Gasteiger partial charge in [0.15, 0.2) is 5.16 Å². The molecule has 0 unspecified atom stereocenters. The van der Waals surface area contributed by atoms with E-state index in [1.165, 1.54) is 12.1 Å². The molecule has 0 spiro atoms. The van der Waals surface area contributed by atoms with Crippen molar-refractivity contribution in [3.05, 3.63) is 51.8 Å². The van der Waals surface area contributed by atoms with Gasteiger partial charge in [-0.15, -0.1) is 0 Å². The van der Waals surface area contributed by atoms with Gasteiger partial charge in [0.25, 0.3) is 5.69 Å². The predicted molar refractivity (Wildman–Crippen MR) is 70.9 cm³/mol. The van der Waals surface area contributed by atoms with E-state index in [1.54, 1.807) is 12.4 Å². The summed E-state index contributed by atoms with van der Waals surface area (Å²) in [5.41, 5.74) is 0.668. The number of hydrogen-bond acceptors (Lipinski definition) is 6. The molecule has 1 N–H and O–H groups in total. The van der Waals surface area contributed by atoms with E-state index in [1.807, 2.05) is 6.92 Å². The molecule has 0 radical (unpaired) electrons. The lowest BCUT2D eigenvalue weighted by Crippen LogP contribution is -2.00. The molecule has 1 aromatic heterocycles. The van der Waals surface area contributed by atoms with Crippen LogP contribution in [0.3, 0.4) is 0 Å². The predicted octanol–water partition coefficient (Wildman–Crippen LogP) is 2.54. The van der Waals surface area contributed by atoms with E-state index in [0.29, 0.717) is 5.16 Å². The molecule has 20 heavy (non-hydrogen) atoms. The number of nitro benzene ring substituents is 1. The van der Waals surface area contributed by atoms with Crippen LogP contribution >= 0.6 is 11.8 Å². The van der Waals surface area contributed by atoms with Crippen LogP contribution < -0.4 is 0 Å². The van der Waals surface area contributed by atoms with Crippen molar-refractivity contribution in [3.8, 4) is 0 Å². The quantitative estimate of drug-likeness (QED) is 0.524. The van der Waals surface area contributed by atoms with Gasteiger partial charge in [0.2, 0.25) is 0 Å². The van der Waals surface area contributed by atoms with Crippen molar-refractivity contribution < 1.29 is 14.8 Å². The molecule has 0 saturated heterocycles. The van der Waals surface area contributed by atoms with E-state index >= 15 is 0 Å². The van der Waals surface area contributed by atoms with Crippen LogP contribution in [0.2, 0.25) is 0 Å². The molecule has 0 atom stereocenters. The van der Waals surface area contributed by atoms with Gasteiger partial charge in [-0.05, 0) is 30.3 Å². The fraction of sp³-hybridized carbons (Fsp3) is 0.0833. The number of non-ortho nitro benzene ring substituents is 1. The number of nitrogens with zero attached hydrogens (tertiary/aromatic N) is 3. The van der Waals surface area contributed by atoms with Crippen LogP contribution in [0, 0.1) is 17.0 Å². The molecule has 102 valence electrons. The minimum Gasteiger partial charge on any atom is -0.478 e. The number of aromatic nitrogens is 2. The normalized spacial score (nSPS) is 10.2. The Balaban J connectivity index is 2.41. The lowest BCUT2D eigenvalue weighted by molar-refractivity contribution is -0.385. The minimum atomic E-state index is -1.16. The average molecular weight is 291 g/mol. The molecule has 8 heteroatoms. The third-order valence-electron chi connectivity index (χ3n) is 2.36. The van der Waals surface area contributed by atoms with Gasteiger partial charge in [-0.3, -0.25) is 10.1 Å². The summed E-state index contributed by atoms with van der Waals surface area (Å²) in [6, 6.07) is 3.57. The third-order valence-corrected chi connectivity index (χ3v) is 3.32. The molecular weight excluding hydrogens is 282 g/mol. The van der Waals surface area contributed by atoms with Crippen molar-refractivity contribution in [3.63, 3.8) is 0 Å². The maximum atomic E-state index is 11.1. The molecule has 2 aromatic rings. The zero-order chi connectivity index (χ0) is 14.7. The Kier molecular flexibility index (Phi) is 3.94. The van der Waals surface area contributed by atoms with Crippen molar-refractivity contribution in [2.45, 2.75) is 17.0 Å². The largest absolute Gasteiger partial charge is 0.478 e. The van der Waals surface area contributed by atoms with E-state index < -0.39 is 10.9 Å². The Bertz CT molecular complexity index is 673. The number of carboxylic acid groups (broad SMARTS) is 1. The SMILES string of the molecule is Cc1cnc(Sc2cc([N+](=O)[O-])ccc2C(=O)O)nc1. The van der Waals surface area contributed by atoms with Crippen LogP contribution in [0.4, 0.5) is 5.69 Å². The van der Waals surface area contributed by atoms with Crippen LogP contribution in [0.1, 0.15) is 15.9 Å². The van der Waals surface area contributed by atoms with Gasteiger partial charge in [0.1, 0.15) is 0 Å². The fourth-order valence-corrected chi connectivity index (χ4v) is 2.27. The molecule has 0 amide bonds. The molecule has 1 heterocycles. The number of carboxylic acids is 1. The summed E-state index contributed by atoms with van der Waals surface area (Å²) < 4.78 is 0. The summed E-state index contributed by atoms with van der Waals surface area (Å²) in [4.78, 5) is 29.6. The Morgan fingerprint density at radius 2 is 2.00 bits per heavy atom. The zero-order valence-corrected chi connectivity index (χ0v) is 11.1. The summed E-state index contributed by atoms with van der Waals surface area (Å²) in [7, 11) is 0. The Morgan fingerprint density at radius 3 is 2.55 bits per heavy atom. The smallest absolute Gasteiger partial charge is 0.336 e. The van der Waals surface area contributed by atoms with Crippen LogP contribution in [0.15, 0.2) is 40.6 Å². The van der Waals surface area contributed by atoms with Crippen LogP contribution in [-0.2, 0) is 0 Å². The van der Waals surface area contributed by atoms with Gasteiger partial charge in [-0.2, -0.15) is 0 Å². The molecule has 0 aliphatic carbocycles. The molecule has 0 saturated carbocycles. The summed E-state index contributed by atoms with van der Waals surface area (Å²) in [6.07, 6.45) is 3.18. The second-order valence-electron chi connectivity index (χ2n) is 3.89. The number of hydrogen-bond donors (Lipinski definition) is 1. The highest BCUT2D eigenvalue weighted by atomic mass is 32.2. The standard InChI is InChI=1S/C12H9N3O4S/c1-7-5-13-12(14-6-7)20-10-4-8(15(18)19)2-3-9(10)11(16)17/h2-6H,1H3,(H,16,17). The first-order valence-corrected chi connectivity index (χ1v) is 6.27. The molecule has 7 nitrogen and oxygen atoms in total. The number of benzene rings is 1. The van der Waals surface area contributed by atoms with E-state index in [9.17, 15) is 14.9 Å². The average Bonchev–Trinajstić information content (AvgIpc) is 2.41. The number of carbonyl (C=O) groups is 1. The second-order valence-corrected chi connectivity index (χ2v) is 4.90. The highest BCUT2D eigenvalue weighted by molar-refractivity contribution is 7.99. The maximum Gasteiger partial charge on any atom is 0.336 e. The van der Waals surface area contributed by atoms with Crippen molar-refractivity contribution >= 4 is 23.4 Å². The summed E-state index contributed by atoms with van der Waals surface area (Å²) in [6.45, 7) is 1.82. The summed E-state index contributed by atoms with van der Waals surface area (Å²) in [5.74, 6) is -1.16. The second kappa shape index (κ2) is 5.66. The van der Waals surface area contributed by atoms with Crippen molar-refractivity contribution in [1.29, 1.82) is 0 Å². The number of nitro groups is 1. The van der Waals surface area contributed by atoms with E-state index in [2.05, 4.69) is 9.97 Å². The fourth-order valence-electron chi connectivity index (χ4n) is 1.42. The lowest BCUT2D eigenvalue weighted by Gasteiger charge is -2.04. The van der Waals surface area contributed by atoms with Gasteiger partial charge in [-0.1, -0.05) is 0 Å². The first-order valence-electron chi connectivity index (χ1n) is 5.45. The van der Waals surface area contributed by atoms with Gasteiger partial charge >= 0.3 is 5.97 Å². The maximum absolute atomic E-state index is 11.1. The van der Waals surface area contributed by atoms with E-state index in [4.69, 9.17) is 5.11 Å². The first kappa shape index (κ1) is 13.9. The summed E-state index contributed by atoms with van der Waals surface area (Å²) in [5, 5.41) is 20.2. The molecule has 0 aliphatic rings. The molecular formula is C12H9N3O4S. The van der Waals surface area contributed by atoms with Crippen molar-refractivity contribution in [2.24, 2.45) is 0 Å². The number of rotatable bonds is 4. The highest BCUT2D eigenvalue weighted by Crippen LogP contribution is 2.31.